The summed E-state index contributed by atoms with van der Waals surface area (Å²) >= 11 is 0. The van der Waals surface area contributed by atoms with E-state index in [1.165, 1.54) is 19.3 Å². The molecule has 0 rings (SSSR count). The standard InChI is InChI=1S/C12H24O2.Na.H/c1-3-5-7-8-10-11(12(13)14)9-6-4-2;;/h11H,3-10H2,1-2H3,(H,13,14);;/q;+1;-1. The Hall–Kier alpha value is 0.470. The fourth-order valence-electron chi connectivity index (χ4n) is 1.66. The van der Waals surface area contributed by atoms with Crippen molar-refractivity contribution in [2.24, 2.45) is 5.92 Å². The van der Waals surface area contributed by atoms with Crippen molar-refractivity contribution in [3.8, 4) is 0 Å². The first-order valence-corrected chi connectivity index (χ1v) is 5.95. The summed E-state index contributed by atoms with van der Waals surface area (Å²) in [5.41, 5.74) is 0. The van der Waals surface area contributed by atoms with E-state index in [-0.39, 0.29) is 36.9 Å². The maximum atomic E-state index is 10.9. The van der Waals surface area contributed by atoms with Gasteiger partial charge in [0.15, 0.2) is 0 Å². The number of rotatable bonds is 9. The van der Waals surface area contributed by atoms with Crippen molar-refractivity contribution < 1.29 is 40.9 Å². The molecule has 0 spiro atoms. The molecule has 0 heterocycles. The van der Waals surface area contributed by atoms with Gasteiger partial charge in [-0.25, -0.2) is 0 Å². The molecule has 0 bridgehead atoms. The fraction of sp³-hybridized carbons (Fsp3) is 0.917. The summed E-state index contributed by atoms with van der Waals surface area (Å²) in [6.07, 6.45) is 8.59. The second-order valence-electron chi connectivity index (χ2n) is 4.03. The summed E-state index contributed by atoms with van der Waals surface area (Å²) in [6.45, 7) is 4.28. The summed E-state index contributed by atoms with van der Waals surface area (Å²) in [4.78, 5) is 10.9. The smallest absolute Gasteiger partial charge is 1.00 e. The molecule has 1 N–H and O–H groups in total. The van der Waals surface area contributed by atoms with Crippen LogP contribution in [0, 0.1) is 5.92 Å². The van der Waals surface area contributed by atoms with Crippen molar-refractivity contribution in [2.45, 2.75) is 65.2 Å². The van der Waals surface area contributed by atoms with Crippen LogP contribution in [0.5, 0.6) is 0 Å². The number of aliphatic carboxylic acids is 1. The normalized spacial score (nSPS) is 11.9. The van der Waals surface area contributed by atoms with E-state index in [9.17, 15) is 4.79 Å². The van der Waals surface area contributed by atoms with Crippen LogP contribution >= 0.6 is 0 Å². The summed E-state index contributed by atoms with van der Waals surface area (Å²) < 4.78 is 0. The largest absolute Gasteiger partial charge is 1.00 e. The van der Waals surface area contributed by atoms with Crippen molar-refractivity contribution in [1.29, 1.82) is 0 Å². The summed E-state index contributed by atoms with van der Waals surface area (Å²) in [5, 5.41) is 8.96. The van der Waals surface area contributed by atoms with E-state index in [1.807, 2.05) is 0 Å². The number of hydrogen-bond donors (Lipinski definition) is 1. The molecular weight excluding hydrogens is 199 g/mol. The van der Waals surface area contributed by atoms with E-state index in [2.05, 4.69) is 13.8 Å². The van der Waals surface area contributed by atoms with Crippen LogP contribution in [0.2, 0.25) is 0 Å². The van der Waals surface area contributed by atoms with Crippen LogP contribution in [0.4, 0.5) is 0 Å². The van der Waals surface area contributed by atoms with Crippen LogP contribution in [0.1, 0.15) is 66.6 Å². The molecule has 0 aliphatic heterocycles. The van der Waals surface area contributed by atoms with Crippen LogP contribution in [0.3, 0.4) is 0 Å². The third-order valence-electron chi connectivity index (χ3n) is 2.66. The van der Waals surface area contributed by atoms with Crippen molar-refractivity contribution in [1.82, 2.24) is 0 Å². The zero-order valence-corrected chi connectivity index (χ0v) is 12.6. The van der Waals surface area contributed by atoms with Crippen LogP contribution in [0.15, 0.2) is 0 Å². The number of carbonyl (C=O) groups is 1. The number of unbranched alkanes of at least 4 members (excludes halogenated alkanes) is 4. The van der Waals surface area contributed by atoms with Gasteiger partial charge in [-0.1, -0.05) is 52.4 Å². The Morgan fingerprint density at radius 2 is 1.60 bits per heavy atom. The molecule has 0 saturated carbocycles. The van der Waals surface area contributed by atoms with Crippen LogP contribution < -0.4 is 29.6 Å². The average Bonchev–Trinajstić information content (AvgIpc) is 2.16. The molecule has 0 radical (unpaired) electrons. The molecule has 15 heavy (non-hydrogen) atoms. The van der Waals surface area contributed by atoms with Crippen molar-refractivity contribution in [2.75, 3.05) is 0 Å². The minimum atomic E-state index is -0.602. The third-order valence-corrected chi connectivity index (χ3v) is 2.66. The molecule has 1 unspecified atom stereocenters. The van der Waals surface area contributed by atoms with E-state index < -0.39 is 5.97 Å². The molecule has 0 amide bonds. The van der Waals surface area contributed by atoms with Gasteiger partial charge in [0.1, 0.15) is 0 Å². The minimum Gasteiger partial charge on any atom is -1.00 e. The third kappa shape index (κ3) is 10.7. The average molecular weight is 224 g/mol. The summed E-state index contributed by atoms with van der Waals surface area (Å²) in [7, 11) is 0. The predicted molar refractivity (Wildman–Crippen MR) is 60.5 cm³/mol. The molecule has 0 aromatic heterocycles. The quantitative estimate of drug-likeness (QED) is 0.468. The first-order valence-electron chi connectivity index (χ1n) is 5.95. The van der Waals surface area contributed by atoms with E-state index in [0.717, 1.165) is 32.1 Å². The Balaban J connectivity index is -0.000000845. The van der Waals surface area contributed by atoms with Gasteiger partial charge in [0.05, 0.1) is 5.92 Å². The minimum absolute atomic E-state index is 0. The molecule has 0 aromatic rings. The number of carboxylic acids is 1. The van der Waals surface area contributed by atoms with Gasteiger partial charge in [-0.3, -0.25) is 4.79 Å². The van der Waals surface area contributed by atoms with Gasteiger partial charge in [0.2, 0.25) is 0 Å². The fourth-order valence-corrected chi connectivity index (χ4v) is 1.66. The van der Waals surface area contributed by atoms with Gasteiger partial charge < -0.3 is 6.53 Å². The molecule has 0 aliphatic carbocycles. The molecule has 0 saturated heterocycles. The molecule has 0 fully saturated rings. The zero-order chi connectivity index (χ0) is 10.8. The molecule has 0 aliphatic rings. The monoisotopic (exact) mass is 224 g/mol. The zero-order valence-electron chi connectivity index (χ0n) is 11.6. The molecule has 1 atom stereocenters. The van der Waals surface area contributed by atoms with Gasteiger partial charge in [-0.05, 0) is 12.8 Å². The molecular formula is C12H25NaO2. The second-order valence-corrected chi connectivity index (χ2v) is 4.03. The van der Waals surface area contributed by atoms with Crippen LogP contribution in [-0.2, 0) is 4.79 Å². The van der Waals surface area contributed by atoms with Gasteiger partial charge in [0, 0.05) is 0 Å². The van der Waals surface area contributed by atoms with Gasteiger partial charge in [0.25, 0.3) is 0 Å². The summed E-state index contributed by atoms with van der Waals surface area (Å²) in [5.74, 6) is -0.693. The van der Waals surface area contributed by atoms with Crippen molar-refractivity contribution in [3.63, 3.8) is 0 Å². The first kappa shape index (κ1) is 17.9. The Morgan fingerprint density at radius 1 is 1.07 bits per heavy atom. The Kier molecular flexibility index (Phi) is 14.9. The SMILES string of the molecule is CCCCCCC(CCCC)C(=O)O.[H-].[Na+]. The predicted octanol–water partition coefficient (Wildman–Crippen LogP) is 0.964. The topological polar surface area (TPSA) is 37.3 Å². The van der Waals surface area contributed by atoms with Gasteiger partial charge in [-0.15, -0.1) is 0 Å². The van der Waals surface area contributed by atoms with Gasteiger partial charge >= 0.3 is 35.5 Å². The van der Waals surface area contributed by atoms with Crippen LogP contribution in [0.25, 0.3) is 0 Å². The maximum absolute atomic E-state index is 10.9. The van der Waals surface area contributed by atoms with E-state index in [1.54, 1.807) is 0 Å². The number of carboxylic acid groups (broad SMARTS) is 1. The molecule has 0 aromatic carbocycles. The van der Waals surface area contributed by atoms with Crippen molar-refractivity contribution >= 4 is 5.97 Å². The van der Waals surface area contributed by atoms with Gasteiger partial charge in [-0.2, -0.15) is 0 Å². The summed E-state index contributed by atoms with van der Waals surface area (Å²) in [6, 6.07) is 0. The van der Waals surface area contributed by atoms with E-state index in [4.69, 9.17) is 5.11 Å². The molecule has 2 nitrogen and oxygen atoms in total. The first-order chi connectivity index (χ1) is 6.72. The van der Waals surface area contributed by atoms with Crippen LogP contribution in [-0.4, -0.2) is 11.1 Å². The Morgan fingerprint density at radius 3 is 2.07 bits per heavy atom. The second kappa shape index (κ2) is 12.5. The van der Waals surface area contributed by atoms with E-state index in [0.29, 0.717) is 0 Å². The van der Waals surface area contributed by atoms with Crippen molar-refractivity contribution in [3.05, 3.63) is 0 Å². The maximum Gasteiger partial charge on any atom is 1.00 e. The number of hydrogen-bond acceptors (Lipinski definition) is 1. The Labute approximate surface area is 118 Å². The Bertz CT molecular complexity index is 154. The molecule has 86 valence electrons. The van der Waals surface area contributed by atoms with E-state index >= 15 is 0 Å². The molecule has 3 heteroatoms.